The predicted molar refractivity (Wildman–Crippen MR) is 63.7 cm³/mol. The number of carboxylic acid groups (broad SMARTS) is 1. The van der Waals surface area contributed by atoms with E-state index in [2.05, 4.69) is 10.2 Å². The fraction of sp³-hybridized carbons (Fsp3) is 0.750. The molecule has 1 aliphatic carbocycles. The Balaban J connectivity index is 1.91. The molecule has 1 saturated carbocycles. The molecule has 1 atom stereocenters. The van der Waals surface area contributed by atoms with Crippen LogP contribution in [-0.2, 0) is 11.3 Å². The number of nitrogens with zero attached hydrogens (tertiary/aromatic N) is 3. The van der Waals surface area contributed by atoms with Crippen LogP contribution in [0.2, 0.25) is 0 Å². The highest BCUT2D eigenvalue weighted by molar-refractivity contribution is 5.69. The molecular formula is C12H19N3O3. The van der Waals surface area contributed by atoms with Crippen molar-refractivity contribution in [2.24, 2.45) is 11.8 Å². The quantitative estimate of drug-likeness (QED) is 0.842. The topological polar surface area (TPSA) is 88.2 Å². The van der Waals surface area contributed by atoms with Crippen LogP contribution in [0.3, 0.4) is 0 Å². The zero-order valence-corrected chi connectivity index (χ0v) is 10.5. The van der Waals surface area contributed by atoms with Crippen molar-refractivity contribution in [3.05, 3.63) is 12.2 Å². The van der Waals surface area contributed by atoms with E-state index < -0.39 is 12.1 Å². The van der Waals surface area contributed by atoms with E-state index in [1.165, 1.54) is 0 Å². The standard InChI is InChI=1S/C12H19N3O3/c1-8(16)11-14-13-7-15(11)6-9-2-4-10(5-3-9)12(17)18/h7-10,16H,2-6H2,1H3,(H,17,18). The van der Waals surface area contributed by atoms with Gasteiger partial charge in [0.1, 0.15) is 12.4 Å². The number of aliphatic hydroxyl groups excluding tert-OH is 1. The SMILES string of the molecule is CC(O)c1nncn1CC1CCC(C(=O)O)CC1. The summed E-state index contributed by atoms with van der Waals surface area (Å²) in [6, 6.07) is 0. The molecule has 0 amide bonds. The van der Waals surface area contributed by atoms with Crippen molar-refractivity contribution >= 4 is 5.97 Å². The van der Waals surface area contributed by atoms with Gasteiger partial charge in [-0.2, -0.15) is 0 Å². The molecule has 0 radical (unpaired) electrons. The Morgan fingerprint density at radius 1 is 1.50 bits per heavy atom. The van der Waals surface area contributed by atoms with Gasteiger partial charge in [0, 0.05) is 6.54 Å². The third-order valence-electron chi connectivity index (χ3n) is 3.67. The average molecular weight is 253 g/mol. The maximum Gasteiger partial charge on any atom is 0.306 e. The first kappa shape index (κ1) is 13.0. The molecule has 0 saturated heterocycles. The molecule has 6 heteroatoms. The van der Waals surface area contributed by atoms with Crippen molar-refractivity contribution < 1.29 is 15.0 Å². The van der Waals surface area contributed by atoms with E-state index in [-0.39, 0.29) is 5.92 Å². The molecule has 1 heterocycles. The minimum absolute atomic E-state index is 0.182. The second-order valence-electron chi connectivity index (χ2n) is 5.07. The van der Waals surface area contributed by atoms with Crippen LogP contribution in [0.4, 0.5) is 0 Å². The van der Waals surface area contributed by atoms with Crippen LogP contribution in [0.5, 0.6) is 0 Å². The Bertz CT molecular complexity index is 408. The molecule has 0 aromatic carbocycles. The van der Waals surface area contributed by atoms with E-state index >= 15 is 0 Å². The second kappa shape index (κ2) is 5.48. The van der Waals surface area contributed by atoms with Crippen LogP contribution < -0.4 is 0 Å². The van der Waals surface area contributed by atoms with Gasteiger partial charge in [-0.25, -0.2) is 0 Å². The number of aliphatic hydroxyl groups is 1. The molecule has 6 nitrogen and oxygen atoms in total. The van der Waals surface area contributed by atoms with E-state index in [0.29, 0.717) is 11.7 Å². The van der Waals surface area contributed by atoms with E-state index in [1.54, 1.807) is 13.3 Å². The summed E-state index contributed by atoms with van der Waals surface area (Å²) in [7, 11) is 0. The highest BCUT2D eigenvalue weighted by Crippen LogP contribution is 2.30. The summed E-state index contributed by atoms with van der Waals surface area (Å²) in [6.07, 6.45) is 4.31. The minimum Gasteiger partial charge on any atom is -0.481 e. The van der Waals surface area contributed by atoms with Crippen LogP contribution in [0, 0.1) is 11.8 Å². The first-order valence-electron chi connectivity index (χ1n) is 6.36. The van der Waals surface area contributed by atoms with Crippen molar-refractivity contribution in [1.82, 2.24) is 14.8 Å². The molecule has 0 bridgehead atoms. The number of aromatic nitrogens is 3. The van der Waals surface area contributed by atoms with Gasteiger partial charge in [-0.15, -0.1) is 10.2 Å². The molecule has 1 fully saturated rings. The molecule has 0 aliphatic heterocycles. The summed E-state index contributed by atoms with van der Waals surface area (Å²) in [4.78, 5) is 10.9. The third-order valence-corrected chi connectivity index (χ3v) is 3.67. The average Bonchev–Trinajstić information content (AvgIpc) is 2.78. The normalized spacial score (nSPS) is 25.9. The molecule has 100 valence electrons. The number of hydrogen-bond donors (Lipinski definition) is 2. The Morgan fingerprint density at radius 2 is 2.17 bits per heavy atom. The summed E-state index contributed by atoms with van der Waals surface area (Å²) in [6.45, 7) is 2.43. The van der Waals surface area contributed by atoms with Gasteiger partial charge in [0.25, 0.3) is 0 Å². The van der Waals surface area contributed by atoms with Crippen LogP contribution >= 0.6 is 0 Å². The summed E-state index contributed by atoms with van der Waals surface area (Å²) in [5.74, 6) is 0.172. The van der Waals surface area contributed by atoms with Gasteiger partial charge >= 0.3 is 5.97 Å². The fourth-order valence-corrected chi connectivity index (χ4v) is 2.60. The fourth-order valence-electron chi connectivity index (χ4n) is 2.60. The van der Waals surface area contributed by atoms with Gasteiger partial charge in [-0.1, -0.05) is 0 Å². The van der Waals surface area contributed by atoms with Gasteiger partial charge in [0.15, 0.2) is 5.82 Å². The Labute approximate surface area is 106 Å². The Hall–Kier alpha value is -1.43. The minimum atomic E-state index is -0.678. The van der Waals surface area contributed by atoms with Crippen molar-refractivity contribution in [2.45, 2.75) is 45.3 Å². The molecule has 0 spiro atoms. The lowest BCUT2D eigenvalue weighted by Crippen LogP contribution is -2.24. The summed E-state index contributed by atoms with van der Waals surface area (Å²) in [5, 5.41) is 26.2. The maximum atomic E-state index is 10.9. The number of rotatable bonds is 4. The second-order valence-corrected chi connectivity index (χ2v) is 5.07. The number of aliphatic carboxylic acids is 1. The van der Waals surface area contributed by atoms with Crippen molar-refractivity contribution in [1.29, 1.82) is 0 Å². The first-order chi connectivity index (χ1) is 8.58. The molecule has 2 rings (SSSR count). The molecule has 1 aromatic rings. The lowest BCUT2D eigenvalue weighted by Gasteiger charge is -2.26. The van der Waals surface area contributed by atoms with Crippen molar-refractivity contribution in [3.63, 3.8) is 0 Å². The van der Waals surface area contributed by atoms with Gasteiger partial charge in [0.2, 0.25) is 0 Å². The third kappa shape index (κ3) is 2.87. The zero-order chi connectivity index (χ0) is 13.1. The Morgan fingerprint density at radius 3 is 2.72 bits per heavy atom. The van der Waals surface area contributed by atoms with Crippen LogP contribution in [0.1, 0.15) is 44.5 Å². The van der Waals surface area contributed by atoms with Crippen LogP contribution in [0.25, 0.3) is 0 Å². The maximum absolute atomic E-state index is 10.9. The summed E-state index contributed by atoms with van der Waals surface area (Å²) >= 11 is 0. The lowest BCUT2D eigenvalue weighted by molar-refractivity contribution is -0.143. The smallest absolute Gasteiger partial charge is 0.306 e. The lowest BCUT2D eigenvalue weighted by atomic mass is 9.82. The summed E-state index contributed by atoms with van der Waals surface area (Å²) in [5.41, 5.74) is 0. The highest BCUT2D eigenvalue weighted by Gasteiger charge is 2.26. The van der Waals surface area contributed by atoms with Crippen molar-refractivity contribution in [2.75, 3.05) is 0 Å². The van der Waals surface area contributed by atoms with Crippen LogP contribution in [0.15, 0.2) is 6.33 Å². The number of carbonyl (C=O) groups is 1. The van der Waals surface area contributed by atoms with E-state index in [0.717, 1.165) is 32.2 Å². The van der Waals surface area contributed by atoms with Gasteiger partial charge in [-0.05, 0) is 38.5 Å². The zero-order valence-electron chi connectivity index (χ0n) is 10.5. The van der Waals surface area contributed by atoms with E-state index in [9.17, 15) is 9.90 Å². The molecule has 1 aliphatic rings. The van der Waals surface area contributed by atoms with E-state index in [4.69, 9.17) is 5.11 Å². The van der Waals surface area contributed by atoms with Gasteiger partial charge in [-0.3, -0.25) is 4.79 Å². The molecule has 2 N–H and O–H groups in total. The van der Waals surface area contributed by atoms with Crippen molar-refractivity contribution in [3.8, 4) is 0 Å². The Kier molecular flexibility index (Phi) is 3.96. The number of carboxylic acids is 1. The molecule has 18 heavy (non-hydrogen) atoms. The highest BCUT2D eigenvalue weighted by atomic mass is 16.4. The molecule has 1 aromatic heterocycles. The van der Waals surface area contributed by atoms with Gasteiger partial charge in [0.05, 0.1) is 5.92 Å². The largest absolute Gasteiger partial charge is 0.481 e. The monoisotopic (exact) mass is 253 g/mol. The first-order valence-corrected chi connectivity index (χ1v) is 6.36. The number of hydrogen-bond acceptors (Lipinski definition) is 4. The van der Waals surface area contributed by atoms with E-state index in [1.807, 2.05) is 4.57 Å². The summed E-state index contributed by atoms with van der Waals surface area (Å²) < 4.78 is 1.87. The predicted octanol–water partition coefficient (Wildman–Crippen LogP) is 1.22. The van der Waals surface area contributed by atoms with Gasteiger partial charge < -0.3 is 14.8 Å². The molecule has 1 unspecified atom stereocenters. The molecular weight excluding hydrogens is 234 g/mol. The van der Waals surface area contributed by atoms with Crippen LogP contribution in [-0.4, -0.2) is 30.9 Å².